The van der Waals surface area contributed by atoms with Crippen molar-refractivity contribution in [1.29, 1.82) is 0 Å². The number of nitrogens with one attached hydrogen (secondary N) is 1. The summed E-state index contributed by atoms with van der Waals surface area (Å²) < 4.78 is 5.42. The third kappa shape index (κ3) is 4.95. The Labute approximate surface area is 150 Å². The molecule has 1 heterocycles. The van der Waals surface area contributed by atoms with E-state index in [-0.39, 0.29) is 18.0 Å². The fraction of sp³-hybridized carbons (Fsp3) is 0.579. The first kappa shape index (κ1) is 19.2. The summed E-state index contributed by atoms with van der Waals surface area (Å²) in [5, 5.41) is 3.41. The number of rotatable bonds is 5. The lowest BCUT2D eigenvalue weighted by atomic mass is 9.96. The summed E-state index contributed by atoms with van der Waals surface area (Å²) in [7, 11) is 1.80. The van der Waals surface area contributed by atoms with E-state index >= 15 is 0 Å². The Hall–Kier alpha value is -2.08. The number of nitrogens with zero attached hydrogens (tertiary/aromatic N) is 2. The van der Waals surface area contributed by atoms with E-state index in [0.29, 0.717) is 26.1 Å². The molecule has 0 aliphatic carbocycles. The molecule has 0 spiro atoms. The van der Waals surface area contributed by atoms with E-state index in [2.05, 4.69) is 5.32 Å². The van der Waals surface area contributed by atoms with Crippen molar-refractivity contribution < 1.29 is 14.3 Å². The molecule has 0 fully saturated rings. The Morgan fingerprint density at radius 3 is 2.68 bits per heavy atom. The lowest BCUT2D eigenvalue weighted by Gasteiger charge is -2.33. The van der Waals surface area contributed by atoms with Crippen molar-refractivity contribution in [3.63, 3.8) is 0 Å². The highest BCUT2D eigenvalue weighted by Crippen LogP contribution is 2.33. The van der Waals surface area contributed by atoms with Crippen LogP contribution in [0.4, 0.5) is 10.5 Å². The quantitative estimate of drug-likeness (QED) is 0.889. The molecular formula is C19H29N3O3. The van der Waals surface area contributed by atoms with Crippen molar-refractivity contribution >= 4 is 17.7 Å². The average molecular weight is 347 g/mol. The molecule has 0 radical (unpaired) electrons. The fourth-order valence-corrected chi connectivity index (χ4v) is 2.90. The number of carbonyl (C=O) groups excluding carboxylic acids is 2. The molecule has 6 nitrogen and oxygen atoms in total. The summed E-state index contributed by atoms with van der Waals surface area (Å²) in [5.41, 5.74) is 1.55. The number of amides is 2. The highest BCUT2D eigenvalue weighted by Gasteiger charge is 2.28. The molecule has 6 heteroatoms. The first-order valence-corrected chi connectivity index (χ1v) is 8.79. The van der Waals surface area contributed by atoms with Gasteiger partial charge in [-0.1, -0.05) is 18.2 Å². The maximum atomic E-state index is 12.2. The molecule has 0 aromatic heterocycles. The van der Waals surface area contributed by atoms with Crippen LogP contribution in [0.25, 0.3) is 0 Å². The molecule has 1 aliphatic rings. The van der Waals surface area contributed by atoms with Crippen LogP contribution >= 0.6 is 0 Å². The molecule has 1 aromatic rings. The summed E-state index contributed by atoms with van der Waals surface area (Å²) in [4.78, 5) is 27.7. The van der Waals surface area contributed by atoms with E-state index in [1.54, 1.807) is 16.8 Å². The highest BCUT2D eigenvalue weighted by atomic mass is 16.6. The van der Waals surface area contributed by atoms with Gasteiger partial charge < -0.3 is 19.9 Å². The largest absolute Gasteiger partial charge is 0.444 e. The van der Waals surface area contributed by atoms with Gasteiger partial charge >= 0.3 is 6.09 Å². The molecule has 0 saturated heterocycles. The Balaban J connectivity index is 1.96. The molecule has 0 bridgehead atoms. The molecular weight excluding hydrogens is 318 g/mol. The monoisotopic (exact) mass is 347 g/mol. The molecule has 25 heavy (non-hydrogen) atoms. The second-order valence-corrected chi connectivity index (χ2v) is 7.28. The Morgan fingerprint density at radius 1 is 1.36 bits per heavy atom. The molecule has 1 N–H and O–H groups in total. The van der Waals surface area contributed by atoms with Crippen LogP contribution in [0.5, 0.6) is 0 Å². The van der Waals surface area contributed by atoms with Gasteiger partial charge in [0.15, 0.2) is 0 Å². The first-order valence-electron chi connectivity index (χ1n) is 8.79. The first-order chi connectivity index (χ1) is 11.7. The van der Waals surface area contributed by atoms with Gasteiger partial charge in [-0.25, -0.2) is 4.79 Å². The van der Waals surface area contributed by atoms with Gasteiger partial charge in [-0.05, 0) is 39.3 Å². The lowest BCUT2D eigenvalue weighted by molar-refractivity contribution is -0.119. The second-order valence-electron chi connectivity index (χ2n) is 7.28. The number of anilines is 1. The summed E-state index contributed by atoms with van der Waals surface area (Å²) in [5.74, 6) is 0.0932. The summed E-state index contributed by atoms with van der Waals surface area (Å²) in [6.07, 6.45) is 0.114. The smallest absolute Gasteiger partial charge is 0.410 e. The minimum absolute atomic E-state index is 0.0303. The van der Waals surface area contributed by atoms with Crippen molar-refractivity contribution in [3.05, 3.63) is 29.8 Å². The predicted molar refractivity (Wildman–Crippen MR) is 98.7 cm³/mol. The predicted octanol–water partition coefficient (Wildman–Crippen LogP) is 2.94. The third-order valence-corrected chi connectivity index (χ3v) is 4.23. The molecule has 1 unspecified atom stereocenters. The van der Waals surface area contributed by atoms with Crippen LogP contribution in [0.1, 0.15) is 45.7 Å². The van der Waals surface area contributed by atoms with E-state index in [1.165, 1.54) is 0 Å². The zero-order chi connectivity index (χ0) is 18.6. The van der Waals surface area contributed by atoms with E-state index in [0.717, 1.165) is 11.3 Å². The number of benzene rings is 1. The van der Waals surface area contributed by atoms with Crippen LogP contribution < -0.4 is 10.2 Å². The van der Waals surface area contributed by atoms with Crippen LogP contribution in [0.2, 0.25) is 0 Å². The molecule has 1 aromatic carbocycles. The highest BCUT2D eigenvalue weighted by molar-refractivity contribution is 5.96. The van der Waals surface area contributed by atoms with Gasteiger partial charge in [-0.3, -0.25) is 4.79 Å². The van der Waals surface area contributed by atoms with Crippen molar-refractivity contribution in [2.45, 2.75) is 45.8 Å². The van der Waals surface area contributed by atoms with Crippen molar-refractivity contribution in [2.75, 3.05) is 31.6 Å². The number of para-hydroxylation sites is 1. The Kier molecular flexibility index (Phi) is 6.06. The van der Waals surface area contributed by atoms with Crippen molar-refractivity contribution in [1.82, 2.24) is 10.2 Å². The summed E-state index contributed by atoms with van der Waals surface area (Å²) in [6.45, 7) is 9.23. The van der Waals surface area contributed by atoms with E-state index < -0.39 is 5.60 Å². The number of hydrogen-bond donors (Lipinski definition) is 1. The van der Waals surface area contributed by atoms with Gasteiger partial charge in [-0.15, -0.1) is 0 Å². The molecule has 0 saturated carbocycles. The van der Waals surface area contributed by atoms with Gasteiger partial charge in [-0.2, -0.15) is 0 Å². The molecule has 138 valence electrons. The standard InChI is InChI=1S/C19H29N3O3/c1-6-22(18(24)25-19(2,3)4)12-11-20-15-13-17(23)21(5)16-10-8-7-9-14(15)16/h7-10,15,20H,6,11-13H2,1-5H3. The van der Waals surface area contributed by atoms with Crippen molar-refractivity contribution in [2.24, 2.45) is 0 Å². The van der Waals surface area contributed by atoms with Gasteiger partial charge in [0.05, 0.1) is 0 Å². The maximum Gasteiger partial charge on any atom is 0.410 e. The normalized spacial score (nSPS) is 17.2. The fourth-order valence-electron chi connectivity index (χ4n) is 2.90. The minimum Gasteiger partial charge on any atom is -0.444 e. The average Bonchev–Trinajstić information content (AvgIpc) is 2.54. The SMILES string of the molecule is CCN(CCNC1CC(=O)N(C)c2ccccc21)C(=O)OC(C)(C)C. The van der Waals surface area contributed by atoms with Gasteiger partial charge in [0.1, 0.15) is 5.60 Å². The zero-order valence-corrected chi connectivity index (χ0v) is 15.8. The second kappa shape index (κ2) is 7.87. The van der Waals surface area contributed by atoms with E-state index in [1.807, 2.05) is 52.0 Å². The number of carbonyl (C=O) groups is 2. The topological polar surface area (TPSA) is 61.9 Å². The zero-order valence-electron chi connectivity index (χ0n) is 15.8. The number of fused-ring (bicyclic) bond motifs is 1. The molecule has 1 aliphatic heterocycles. The van der Waals surface area contributed by atoms with Crippen molar-refractivity contribution in [3.8, 4) is 0 Å². The van der Waals surface area contributed by atoms with Crippen LogP contribution in [0.15, 0.2) is 24.3 Å². The Morgan fingerprint density at radius 2 is 2.04 bits per heavy atom. The number of ether oxygens (including phenoxy) is 1. The minimum atomic E-state index is -0.503. The van der Waals surface area contributed by atoms with Crippen LogP contribution in [0.3, 0.4) is 0 Å². The summed E-state index contributed by atoms with van der Waals surface area (Å²) >= 11 is 0. The van der Waals surface area contributed by atoms with E-state index in [4.69, 9.17) is 4.74 Å². The van der Waals surface area contributed by atoms with Crippen LogP contribution in [0, 0.1) is 0 Å². The lowest BCUT2D eigenvalue weighted by Crippen LogP contribution is -2.43. The maximum absolute atomic E-state index is 12.2. The number of likely N-dealkylation sites (N-methyl/N-ethyl adjacent to an activating group) is 1. The van der Waals surface area contributed by atoms with Crippen LogP contribution in [-0.4, -0.2) is 49.2 Å². The Bertz CT molecular complexity index is 625. The molecule has 2 rings (SSSR count). The molecule has 1 atom stereocenters. The molecule has 2 amide bonds. The van der Waals surface area contributed by atoms with Gasteiger partial charge in [0.25, 0.3) is 0 Å². The van der Waals surface area contributed by atoms with Crippen LogP contribution in [-0.2, 0) is 9.53 Å². The van der Waals surface area contributed by atoms with Gasteiger partial charge in [0.2, 0.25) is 5.91 Å². The van der Waals surface area contributed by atoms with Gasteiger partial charge in [0, 0.05) is 44.8 Å². The summed E-state index contributed by atoms with van der Waals surface area (Å²) in [6, 6.07) is 7.89. The van der Waals surface area contributed by atoms with E-state index in [9.17, 15) is 9.59 Å². The number of hydrogen-bond acceptors (Lipinski definition) is 4. The third-order valence-electron chi connectivity index (χ3n) is 4.23.